The molecule has 1 aromatic heterocycles. The molecule has 2 aliphatic rings. The number of hydrogen-bond acceptors (Lipinski definition) is 5. The molecule has 3 rings (SSSR count). The fourth-order valence-electron chi connectivity index (χ4n) is 3.12. The quantitative estimate of drug-likeness (QED) is 0.849. The number of methoxy groups -OCH3 is 1. The van der Waals surface area contributed by atoms with E-state index in [0.29, 0.717) is 11.8 Å². The average Bonchev–Trinajstić information content (AvgIpc) is 3.16. The lowest BCUT2D eigenvalue weighted by atomic mass is 10.2. The minimum absolute atomic E-state index is 0.123. The van der Waals surface area contributed by atoms with Crippen molar-refractivity contribution < 1.29 is 14.3 Å². The molecule has 2 aliphatic heterocycles. The summed E-state index contributed by atoms with van der Waals surface area (Å²) < 4.78 is 10.7. The maximum absolute atomic E-state index is 12.8. The number of hydrogen-bond donors (Lipinski definition) is 0. The van der Waals surface area contributed by atoms with Gasteiger partial charge in [-0.1, -0.05) is 0 Å². The number of nitrogens with zero attached hydrogens (tertiary/aromatic N) is 2. The number of carbonyl (C=O) groups is 1. The van der Waals surface area contributed by atoms with E-state index in [1.165, 1.54) is 11.3 Å². The third-order valence-electron chi connectivity index (χ3n) is 4.25. The molecule has 2 fully saturated rings. The molecule has 116 valence electrons. The highest BCUT2D eigenvalue weighted by atomic mass is 32.1. The van der Waals surface area contributed by atoms with Gasteiger partial charge in [0.15, 0.2) is 0 Å². The van der Waals surface area contributed by atoms with E-state index < -0.39 is 0 Å². The number of likely N-dealkylation sites (tertiary alicyclic amines) is 1. The Morgan fingerprint density at radius 2 is 2.24 bits per heavy atom. The number of morpholine rings is 1. The van der Waals surface area contributed by atoms with Crippen molar-refractivity contribution >= 4 is 17.2 Å². The van der Waals surface area contributed by atoms with Crippen LogP contribution >= 0.6 is 11.3 Å². The van der Waals surface area contributed by atoms with Crippen LogP contribution in [0.5, 0.6) is 5.75 Å². The molecule has 3 heterocycles. The van der Waals surface area contributed by atoms with Gasteiger partial charge in [0.25, 0.3) is 5.91 Å². The third-order valence-corrected chi connectivity index (χ3v) is 5.14. The fourth-order valence-corrected chi connectivity index (χ4v) is 3.93. The first-order chi connectivity index (χ1) is 10.3. The normalized spacial score (nSPS) is 23.5. The molecule has 0 bridgehead atoms. The van der Waals surface area contributed by atoms with Crippen LogP contribution in [-0.2, 0) is 4.74 Å². The predicted molar refractivity (Wildman–Crippen MR) is 82.2 cm³/mol. The minimum atomic E-state index is 0.123. The standard InChI is InChI=1S/C15H22N2O3S/c1-19-13-4-10-21-14(13)15(18)17-5-2-3-12(17)11-16-6-8-20-9-7-16/h4,10,12H,2-3,5-9,11H2,1H3. The van der Waals surface area contributed by atoms with Crippen LogP contribution in [0.25, 0.3) is 0 Å². The van der Waals surface area contributed by atoms with Gasteiger partial charge in [0.05, 0.1) is 20.3 Å². The Morgan fingerprint density at radius 1 is 1.43 bits per heavy atom. The van der Waals surface area contributed by atoms with Gasteiger partial charge >= 0.3 is 0 Å². The third kappa shape index (κ3) is 3.22. The second kappa shape index (κ2) is 6.77. The second-order valence-electron chi connectivity index (χ2n) is 5.53. The molecular weight excluding hydrogens is 288 g/mol. The monoisotopic (exact) mass is 310 g/mol. The van der Waals surface area contributed by atoms with Gasteiger partial charge < -0.3 is 14.4 Å². The number of amides is 1. The van der Waals surface area contributed by atoms with Crippen molar-refractivity contribution in [2.75, 3.05) is 46.5 Å². The van der Waals surface area contributed by atoms with Crippen molar-refractivity contribution in [3.8, 4) is 5.75 Å². The van der Waals surface area contributed by atoms with Crippen LogP contribution in [0.4, 0.5) is 0 Å². The zero-order chi connectivity index (χ0) is 14.7. The first-order valence-electron chi connectivity index (χ1n) is 7.52. The Labute approximate surface area is 129 Å². The summed E-state index contributed by atoms with van der Waals surface area (Å²) in [6.07, 6.45) is 2.19. The zero-order valence-electron chi connectivity index (χ0n) is 12.4. The Bertz CT molecular complexity index is 485. The van der Waals surface area contributed by atoms with Crippen LogP contribution in [0.15, 0.2) is 11.4 Å². The van der Waals surface area contributed by atoms with Crippen LogP contribution in [0, 0.1) is 0 Å². The van der Waals surface area contributed by atoms with Gasteiger partial charge in [-0.05, 0) is 24.3 Å². The first-order valence-corrected chi connectivity index (χ1v) is 8.40. The molecule has 1 amide bonds. The zero-order valence-corrected chi connectivity index (χ0v) is 13.2. The van der Waals surface area contributed by atoms with Gasteiger partial charge in [-0.25, -0.2) is 0 Å². The molecule has 0 aliphatic carbocycles. The van der Waals surface area contributed by atoms with Crippen molar-refractivity contribution in [1.29, 1.82) is 0 Å². The maximum Gasteiger partial charge on any atom is 0.268 e. The molecule has 0 radical (unpaired) electrons. The molecule has 21 heavy (non-hydrogen) atoms. The van der Waals surface area contributed by atoms with Gasteiger partial charge in [0.2, 0.25) is 0 Å². The smallest absolute Gasteiger partial charge is 0.268 e. The van der Waals surface area contributed by atoms with Crippen LogP contribution in [-0.4, -0.2) is 68.3 Å². The molecule has 1 atom stereocenters. The molecule has 2 saturated heterocycles. The van der Waals surface area contributed by atoms with Crippen LogP contribution in [0.3, 0.4) is 0 Å². The van der Waals surface area contributed by atoms with Crippen LogP contribution in [0.2, 0.25) is 0 Å². The summed E-state index contributed by atoms with van der Waals surface area (Å²) >= 11 is 1.47. The first kappa shape index (κ1) is 14.8. The van der Waals surface area contributed by atoms with Gasteiger partial charge in [-0.2, -0.15) is 0 Å². The lowest BCUT2D eigenvalue weighted by Gasteiger charge is -2.32. The summed E-state index contributed by atoms with van der Waals surface area (Å²) in [6, 6.07) is 2.19. The molecule has 6 heteroatoms. The highest BCUT2D eigenvalue weighted by molar-refractivity contribution is 7.12. The van der Waals surface area contributed by atoms with E-state index in [0.717, 1.165) is 57.1 Å². The average molecular weight is 310 g/mol. The number of rotatable bonds is 4. The lowest BCUT2D eigenvalue weighted by molar-refractivity contribution is 0.0261. The summed E-state index contributed by atoms with van der Waals surface area (Å²) in [5, 5.41) is 1.92. The summed E-state index contributed by atoms with van der Waals surface area (Å²) in [5.74, 6) is 0.819. The van der Waals surface area contributed by atoms with E-state index in [4.69, 9.17) is 9.47 Å². The van der Waals surface area contributed by atoms with E-state index in [-0.39, 0.29) is 5.91 Å². The summed E-state index contributed by atoms with van der Waals surface area (Å²) in [4.78, 5) is 17.9. The lowest BCUT2D eigenvalue weighted by Crippen LogP contribution is -2.46. The maximum atomic E-state index is 12.8. The molecule has 0 saturated carbocycles. The number of ether oxygens (including phenoxy) is 2. The minimum Gasteiger partial charge on any atom is -0.495 e. The summed E-state index contributed by atoms with van der Waals surface area (Å²) in [5.41, 5.74) is 0. The molecule has 1 unspecified atom stereocenters. The molecule has 0 spiro atoms. The number of carbonyl (C=O) groups excluding carboxylic acids is 1. The fraction of sp³-hybridized carbons (Fsp3) is 0.667. The van der Waals surface area contributed by atoms with E-state index in [9.17, 15) is 4.79 Å². The Kier molecular flexibility index (Phi) is 4.77. The number of thiophene rings is 1. The summed E-state index contributed by atoms with van der Waals surface area (Å²) in [6.45, 7) is 5.37. The largest absolute Gasteiger partial charge is 0.495 e. The van der Waals surface area contributed by atoms with Crippen LogP contribution in [0.1, 0.15) is 22.5 Å². The predicted octanol–water partition coefficient (Wildman–Crippen LogP) is 1.69. The molecule has 1 aromatic rings. The highest BCUT2D eigenvalue weighted by Crippen LogP contribution is 2.29. The molecule has 0 aromatic carbocycles. The van der Waals surface area contributed by atoms with E-state index in [1.807, 2.05) is 16.3 Å². The van der Waals surface area contributed by atoms with E-state index >= 15 is 0 Å². The van der Waals surface area contributed by atoms with E-state index in [2.05, 4.69) is 4.90 Å². The van der Waals surface area contributed by atoms with Crippen molar-refractivity contribution in [2.24, 2.45) is 0 Å². The van der Waals surface area contributed by atoms with Gasteiger partial charge in [0, 0.05) is 32.2 Å². The van der Waals surface area contributed by atoms with Crippen LogP contribution < -0.4 is 4.74 Å². The van der Waals surface area contributed by atoms with Gasteiger partial charge in [0.1, 0.15) is 10.6 Å². The highest BCUT2D eigenvalue weighted by Gasteiger charge is 2.32. The van der Waals surface area contributed by atoms with Gasteiger partial charge in [-0.15, -0.1) is 11.3 Å². The Hall–Kier alpha value is -1.11. The topological polar surface area (TPSA) is 42.0 Å². The van der Waals surface area contributed by atoms with Crippen molar-refractivity contribution in [1.82, 2.24) is 9.80 Å². The van der Waals surface area contributed by atoms with Crippen molar-refractivity contribution in [3.63, 3.8) is 0 Å². The summed E-state index contributed by atoms with van der Waals surface area (Å²) in [7, 11) is 1.62. The van der Waals surface area contributed by atoms with Gasteiger partial charge in [-0.3, -0.25) is 9.69 Å². The van der Waals surface area contributed by atoms with Crippen molar-refractivity contribution in [2.45, 2.75) is 18.9 Å². The Morgan fingerprint density at radius 3 is 3.00 bits per heavy atom. The molecule has 0 N–H and O–H groups in total. The second-order valence-corrected chi connectivity index (χ2v) is 6.44. The van der Waals surface area contributed by atoms with E-state index in [1.54, 1.807) is 7.11 Å². The SMILES string of the molecule is COc1ccsc1C(=O)N1CCCC1CN1CCOCC1. The Balaban J connectivity index is 1.67. The molecule has 5 nitrogen and oxygen atoms in total. The van der Waals surface area contributed by atoms with Crippen molar-refractivity contribution in [3.05, 3.63) is 16.3 Å². The molecular formula is C15H22N2O3S.